The van der Waals surface area contributed by atoms with E-state index in [4.69, 9.17) is 28.9 Å². The minimum absolute atomic E-state index is 0.0902. The summed E-state index contributed by atoms with van der Waals surface area (Å²) < 4.78 is 36.7. The third kappa shape index (κ3) is 3.65. The van der Waals surface area contributed by atoms with E-state index in [-0.39, 0.29) is 15.6 Å². The molecule has 18 heavy (non-hydrogen) atoms. The number of phenolic OH excluding ortho intramolecular Hbond substituents is 1. The molecule has 102 valence electrons. The molecule has 1 rings (SSSR count). The highest BCUT2D eigenvalue weighted by molar-refractivity contribution is 6.35. The number of hydrogen-bond donors (Lipinski definition) is 3. The minimum Gasteiger partial charge on any atom is -0.506 e. The number of benzene rings is 1. The van der Waals surface area contributed by atoms with Crippen LogP contribution in [0.2, 0.25) is 10.0 Å². The van der Waals surface area contributed by atoms with Crippen molar-refractivity contribution in [2.45, 2.75) is 24.7 Å². The average Bonchev–Trinajstić information content (AvgIpc) is 2.21. The first-order chi connectivity index (χ1) is 8.12. The van der Waals surface area contributed by atoms with Gasteiger partial charge >= 0.3 is 6.18 Å². The number of alkyl halides is 3. The first-order valence-corrected chi connectivity index (χ1v) is 5.56. The van der Waals surface area contributed by atoms with Gasteiger partial charge in [0.1, 0.15) is 11.8 Å². The Kier molecular flexibility index (Phi) is 4.72. The van der Waals surface area contributed by atoms with E-state index in [0.29, 0.717) is 0 Å². The second kappa shape index (κ2) is 5.52. The zero-order valence-corrected chi connectivity index (χ0v) is 10.4. The van der Waals surface area contributed by atoms with Crippen molar-refractivity contribution in [2.24, 2.45) is 5.73 Å². The maximum Gasteiger partial charge on any atom is 0.403 e. The van der Waals surface area contributed by atoms with Crippen molar-refractivity contribution in [3.05, 3.63) is 27.7 Å². The van der Waals surface area contributed by atoms with Crippen molar-refractivity contribution in [2.75, 3.05) is 0 Å². The van der Waals surface area contributed by atoms with E-state index in [9.17, 15) is 23.4 Å². The van der Waals surface area contributed by atoms with Gasteiger partial charge in [-0.1, -0.05) is 23.2 Å². The minimum atomic E-state index is -4.63. The van der Waals surface area contributed by atoms with E-state index in [1.165, 1.54) is 6.07 Å². The predicted octanol–water partition coefficient (Wildman–Crippen LogP) is 3.01. The molecule has 1 aromatic carbocycles. The van der Waals surface area contributed by atoms with Gasteiger partial charge in [0, 0.05) is 17.0 Å². The number of rotatable bonds is 3. The molecule has 0 heterocycles. The number of hydrogen-bond acceptors (Lipinski definition) is 3. The van der Waals surface area contributed by atoms with Crippen molar-refractivity contribution in [1.82, 2.24) is 0 Å². The Morgan fingerprint density at radius 1 is 1.28 bits per heavy atom. The SMILES string of the molecule is N[C@H](C[C@@H](O)c1cc(Cl)cc(Cl)c1O)C(F)(F)F. The molecule has 0 fully saturated rings. The van der Waals surface area contributed by atoms with Crippen molar-refractivity contribution >= 4 is 23.2 Å². The van der Waals surface area contributed by atoms with Gasteiger partial charge < -0.3 is 15.9 Å². The summed E-state index contributed by atoms with van der Waals surface area (Å²) in [6.07, 6.45) is -7.04. The lowest BCUT2D eigenvalue weighted by molar-refractivity contribution is -0.153. The van der Waals surface area contributed by atoms with Crippen LogP contribution in [0, 0.1) is 0 Å². The Hall–Kier alpha value is -0.690. The van der Waals surface area contributed by atoms with Gasteiger partial charge in [0.05, 0.1) is 11.1 Å². The number of nitrogens with two attached hydrogens (primary N) is 1. The number of halogens is 5. The van der Waals surface area contributed by atoms with Crippen LogP contribution in [0.3, 0.4) is 0 Å². The average molecular weight is 304 g/mol. The van der Waals surface area contributed by atoms with Crippen LogP contribution in [0.15, 0.2) is 12.1 Å². The summed E-state index contributed by atoms with van der Waals surface area (Å²) in [4.78, 5) is 0. The quantitative estimate of drug-likeness (QED) is 0.804. The fourth-order valence-electron chi connectivity index (χ4n) is 1.34. The summed E-state index contributed by atoms with van der Waals surface area (Å²) in [6.45, 7) is 0. The third-order valence-corrected chi connectivity index (χ3v) is 2.82. The van der Waals surface area contributed by atoms with Gasteiger partial charge in [-0.2, -0.15) is 13.2 Å². The summed E-state index contributed by atoms with van der Waals surface area (Å²) >= 11 is 11.2. The lowest BCUT2D eigenvalue weighted by Gasteiger charge is -2.20. The Bertz CT molecular complexity index is 440. The fourth-order valence-corrected chi connectivity index (χ4v) is 1.85. The van der Waals surface area contributed by atoms with E-state index in [1.54, 1.807) is 0 Å². The molecule has 0 saturated carbocycles. The summed E-state index contributed by atoms with van der Waals surface area (Å²) in [5.74, 6) is -0.511. The molecule has 0 radical (unpaired) electrons. The van der Waals surface area contributed by atoms with Crippen LogP contribution in [0.5, 0.6) is 5.75 Å². The van der Waals surface area contributed by atoms with Gasteiger partial charge in [-0.15, -0.1) is 0 Å². The molecule has 0 spiro atoms. The molecule has 0 amide bonds. The molecule has 0 bridgehead atoms. The van der Waals surface area contributed by atoms with Crippen LogP contribution in [0.25, 0.3) is 0 Å². The molecule has 0 aliphatic heterocycles. The fraction of sp³-hybridized carbons (Fsp3) is 0.400. The van der Waals surface area contributed by atoms with Gasteiger partial charge in [0.2, 0.25) is 0 Å². The third-order valence-electron chi connectivity index (χ3n) is 2.31. The molecule has 4 N–H and O–H groups in total. The molecule has 0 aliphatic carbocycles. The second-order valence-electron chi connectivity index (χ2n) is 3.73. The topological polar surface area (TPSA) is 66.5 Å². The smallest absolute Gasteiger partial charge is 0.403 e. The summed E-state index contributed by atoms with van der Waals surface area (Å²) in [5.41, 5.74) is 4.69. The highest BCUT2D eigenvalue weighted by Gasteiger charge is 2.38. The predicted molar refractivity (Wildman–Crippen MR) is 61.7 cm³/mol. The van der Waals surface area contributed by atoms with Crippen molar-refractivity contribution < 1.29 is 23.4 Å². The molecular formula is C10H10Cl2F3NO2. The lowest BCUT2D eigenvalue weighted by Crippen LogP contribution is -2.38. The van der Waals surface area contributed by atoms with Crippen molar-refractivity contribution in [1.29, 1.82) is 0 Å². The maximum atomic E-state index is 12.2. The van der Waals surface area contributed by atoms with Gasteiger partial charge in [-0.25, -0.2) is 0 Å². The Balaban J connectivity index is 2.95. The lowest BCUT2D eigenvalue weighted by atomic mass is 10.0. The molecule has 2 atom stereocenters. The maximum absolute atomic E-state index is 12.2. The second-order valence-corrected chi connectivity index (χ2v) is 4.57. The zero-order chi connectivity index (χ0) is 14.1. The van der Waals surface area contributed by atoms with Crippen LogP contribution in [0.4, 0.5) is 13.2 Å². The summed E-state index contributed by atoms with van der Waals surface area (Å²) in [5, 5.41) is 19.1. The van der Waals surface area contributed by atoms with Gasteiger partial charge in [0.25, 0.3) is 0 Å². The van der Waals surface area contributed by atoms with E-state index >= 15 is 0 Å². The standard InChI is InChI=1S/C10H10Cl2F3NO2/c11-4-1-5(9(18)6(12)2-4)7(17)3-8(16)10(13,14)15/h1-2,7-8,17-18H,3,16H2/t7-,8-/m1/s1. The number of aliphatic hydroxyl groups is 1. The van der Waals surface area contributed by atoms with E-state index < -0.39 is 30.5 Å². The monoisotopic (exact) mass is 303 g/mol. The molecule has 0 aromatic heterocycles. The number of aliphatic hydroxyl groups excluding tert-OH is 1. The first-order valence-electron chi connectivity index (χ1n) is 4.81. The van der Waals surface area contributed by atoms with Crippen LogP contribution >= 0.6 is 23.2 Å². The van der Waals surface area contributed by atoms with Gasteiger partial charge in [-0.3, -0.25) is 0 Å². The largest absolute Gasteiger partial charge is 0.506 e. The Labute approximate surface area is 111 Å². The normalized spacial score (nSPS) is 15.5. The van der Waals surface area contributed by atoms with E-state index in [2.05, 4.69) is 0 Å². The highest BCUT2D eigenvalue weighted by atomic mass is 35.5. The van der Waals surface area contributed by atoms with Crippen molar-refractivity contribution in [3.8, 4) is 5.75 Å². The first kappa shape index (κ1) is 15.4. The molecule has 1 aromatic rings. The van der Waals surface area contributed by atoms with Crippen LogP contribution in [-0.4, -0.2) is 22.4 Å². The molecule has 0 unspecified atom stereocenters. The van der Waals surface area contributed by atoms with Crippen molar-refractivity contribution in [3.63, 3.8) is 0 Å². The number of phenols is 1. The van der Waals surface area contributed by atoms with Crippen LogP contribution in [0.1, 0.15) is 18.1 Å². The van der Waals surface area contributed by atoms with Gasteiger partial charge in [0.15, 0.2) is 0 Å². The molecule has 3 nitrogen and oxygen atoms in total. The highest BCUT2D eigenvalue weighted by Crippen LogP contribution is 2.37. The summed E-state index contributed by atoms with van der Waals surface area (Å²) in [7, 11) is 0. The summed E-state index contributed by atoms with van der Waals surface area (Å²) in [6, 6.07) is 0.138. The Morgan fingerprint density at radius 2 is 1.83 bits per heavy atom. The molecule has 0 saturated heterocycles. The Morgan fingerprint density at radius 3 is 2.33 bits per heavy atom. The number of aromatic hydroxyl groups is 1. The van der Waals surface area contributed by atoms with Gasteiger partial charge in [-0.05, 0) is 12.1 Å². The van der Waals surface area contributed by atoms with Crippen LogP contribution < -0.4 is 5.73 Å². The van der Waals surface area contributed by atoms with E-state index in [0.717, 1.165) is 6.07 Å². The van der Waals surface area contributed by atoms with E-state index in [1.807, 2.05) is 0 Å². The molecule has 0 aliphatic rings. The molecular weight excluding hydrogens is 294 g/mol. The van der Waals surface area contributed by atoms with Crippen LogP contribution in [-0.2, 0) is 0 Å². The molecule has 8 heteroatoms. The zero-order valence-electron chi connectivity index (χ0n) is 8.88.